The van der Waals surface area contributed by atoms with Gasteiger partial charge in [0.15, 0.2) is 0 Å². The lowest BCUT2D eigenvalue weighted by Crippen LogP contribution is -2.25. The molecule has 1 atom stereocenters. The van der Waals surface area contributed by atoms with E-state index in [0.717, 1.165) is 18.9 Å². The average Bonchev–Trinajstić information content (AvgIpc) is 2.88. The van der Waals surface area contributed by atoms with Crippen LogP contribution < -0.4 is 5.32 Å². The van der Waals surface area contributed by atoms with Gasteiger partial charge in [0.05, 0.1) is 0 Å². The largest absolute Gasteiger partial charge is 0.310 e. The molecule has 0 radical (unpaired) electrons. The van der Waals surface area contributed by atoms with Crippen molar-refractivity contribution < 1.29 is 4.39 Å². The summed E-state index contributed by atoms with van der Waals surface area (Å²) in [5.74, 6) is 0.570. The van der Waals surface area contributed by atoms with Gasteiger partial charge in [-0.05, 0) is 31.7 Å². The Hall–Kier alpha value is -1.46. The van der Waals surface area contributed by atoms with Crippen LogP contribution in [-0.4, -0.2) is 21.3 Å². The number of hydrogen-bond acceptors (Lipinski definition) is 3. The van der Waals surface area contributed by atoms with Crippen molar-refractivity contribution in [3.63, 3.8) is 0 Å². The van der Waals surface area contributed by atoms with Gasteiger partial charge in [-0.1, -0.05) is 18.5 Å². The number of hydrogen-bond donors (Lipinski definition) is 1. The van der Waals surface area contributed by atoms with E-state index in [2.05, 4.69) is 15.4 Å². The van der Waals surface area contributed by atoms with Crippen molar-refractivity contribution in [2.75, 3.05) is 6.54 Å². The predicted molar refractivity (Wildman–Crippen MR) is 77.2 cm³/mol. The van der Waals surface area contributed by atoms with E-state index in [-0.39, 0.29) is 11.9 Å². The summed E-state index contributed by atoms with van der Waals surface area (Å²) in [6, 6.07) is 4.44. The Labute approximate surface area is 123 Å². The predicted octanol–water partition coefficient (Wildman–Crippen LogP) is 2.98. The molecule has 0 saturated heterocycles. The number of nitrogens with zero attached hydrogens (tertiary/aromatic N) is 3. The first kappa shape index (κ1) is 14.9. The SMILES string of the molecule is CCNC(Cc1ncnn1CC)c1cc(Cl)ccc1F. The number of aryl methyl sites for hydroxylation is 1. The molecule has 0 aliphatic carbocycles. The van der Waals surface area contributed by atoms with Crippen molar-refractivity contribution >= 4 is 11.6 Å². The third kappa shape index (κ3) is 3.35. The second-order valence-corrected chi connectivity index (χ2v) is 4.91. The minimum Gasteiger partial charge on any atom is -0.310 e. The van der Waals surface area contributed by atoms with Gasteiger partial charge in [0.25, 0.3) is 0 Å². The number of rotatable bonds is 6. The zero-order chi connectivity index (χ0) is 14.5. The molecule has 0 aliphatic heterocycles. The van der Waals surface area contributed by atoms with Gasteiger partial charge in [-0.25, -0.2) is 9.37 Å². The molecule has 1 aromatic heterocycles. The van der Waals surface area contributed by atoms with Gasteiger partial charge in [-0.15, -0.1) is 0 Å². The highest BCUT2D eigenvalue weighted by Crippen LogP contribution is 2.24. The first-order valence-corrected chi connectivity index (χ1v) is 7.08. The Bertz CT molecular complexity index is 570. The molecular weight excluding hydrogens is 279 g/mol. The zero-order valence-corrected chi connectivity index (χ0v) is 12.4. The standard InChI is InChI=1S/C14H18ClFN4/c1-3-17-13(8-14-18-9-19-20(14)4-2)11-7-10(15)5-6-12(11)16/h5-7,9,13,17H,3-4,8H2,1-2H3. The van der Waals surface area contributed by atoms with Crippen LogP contribution in [-0.2, 0) is 13.0 Å². The van der Waals surface area contributed by atoms with Crippen molar-refractivity contribution in [1.29, 1.82) is 0 Å². The van der Waals surface area contributed by atoms with Crippen molar-refractivity contribution in [2.24, 2.45) is 0 Å². The van der Waals surface area contributed by atoms with Crippen LogP contribution in [0.1, 0.15) is 31.3 Å². The summed E-state index contributed by atoms with van der Waals surface area (Å²) < 4.78 is 15.8. The van der Waals surface area contributed by atoms with E-state index in [1.54, 1.807) is 12.1 Å². The maximum atomic E-state index is 14.0. The topological polar surface area (TPSA) is 42.7 Å². The van der Waals surface area contributed by atoms with E-state index in [0.29, 0.717) is 17.0 Å². The van der Waals surface area contributed by atoms with E-state index < -0.39 is 0 Å². The molecule has 20 heavy (non-hydrogen) atoms. The number of benzene rings is 1. The molecule has 0 aliphatic rings. The molecule has 108 valence electrons. The molecule has 1 aromatic carbocycles. The van der Waals surface area contributed by atoms with Crippen LogP contribution in [0.3, 0.4) is 0 Å². The Morgan fingerprint density at radius 1 is 1.40 bits per heavy atom. The molecule has 1 heterocycles. The lowest BCUT2D eigenvalue weighted by Gasteiger charge is -2.19. The molecular formula is C14H18ClFN4. The van der Waals surface area contributed by atoms with Crippen LogP contribution in [0.15, 0.2) is 24.5 Å². The van der Waals surface area contributed by atoms with Gasteiger partial charge in [0.1, 0.15) is 18.0 Å². The average molecular weight is 297 g/mol. The maximum Gasteiger partial charge on any atom is 0.138 e. The molecule has 0 amide bonds. The summed E-state index contributed by atoms with van der Waals surface area (Å²) in [7, 11) is 0. The van der Waals surface area contributed by atoms with Gasteiger partial charge in [0, 0.05) is 29.6 Å². The Balaban J connectivity index is 2.29. The molecule has 0 spiro atoms. The molecule has 4 nitrogen and oxygen atoms in total. The van der Waals surface area contributed by atoms with Crippen molar-refractivity contribution in [3.8, 4) is 0 Å². The summed E-state index contributed by atoms with van der Waals surface area (Å²) in [5.41, 5.74) is 0.560. The van der Waals surface area contributed by atoms with Gasteiger partial charge in [-0.3, -0.25) is 4.68 Å². The van der Waals surface area contributed by atoms with E-state index in [1.807, 2.05) is 18.5 Å². The minimum atomic E-state index is -0.261. The number of aromatic nitrogens is 3. The summed E-state index contributed by atoms with van der Waals surface area (Å²) in [6.45, 7) is 5.46. The normalized spacial score (nSPS) is 12.6. The maximum absolute atomic E-state index is 14.0. The Kier molecular flexibility index (Phi) is 5.09. The molecule has 2 rings (SSSR count). The molecule has 0 fully saturated rings. The van der Waals surface area contributed by atoms with Crippen LogP contribution in [0.25, 0.3) is 0 Å². The highest BCUT2D eigenvalue weighted by atomic mass is 35.5. The highest BCUT2D eigenvalue weighted by molar-refractivity contribution is 6.30. The van der Waals surface area contributed by atoms with E-state index in [9.17, 15) is 4.39 Å². The summed E-state index contributed by atoms with van der Waals surface area (Å²) in [4.78, 5) is 4.24. The molecule has 1 unspecified atom stereocenters. The smallest absolute Gasteiger partial charge is 0.138 e. The van der Waals surface area contributed by atoms with Crippen LogP contribution in [0, 0.1) is 5.82 Å². The fourth-order valence-electron chi connectivity index (χ4n) is 2.21. The first-order chi connectivity index (χ1) is 9.65. The van der Waals surface area contributed by atoms with E-state index in [4.69, 9.17) is 11.6 Å². The molecule has 2 aromatic rings. The molecule has 6 heteroatoms. The molecule has 0 bridgehead atoms. The zero-order valence-electron chi connectivity index (χ0n) is 11.6. The van der Waals surface area contributed by atoms with Crippen molar-refractivity contribution in [2.45, 2.75) is 32.9 Å². The second-order valence-electron chi connectivity index (χ2n) is 4.47. The van der Waals surface area contributed by atoms with Gasteiger partial charge in [0.2, 0.25) is 0 Å². The number of nitrogens with one attached hydrogen (secondary N) is 1. The van der Waals surface area contributed by atoms with Crippen molar-refractivity contribution in [1.82, 2.24) is 20.1 Å². The molecule has 1 N–H and O–H groups in total. The fourth-order valence-corrected chi connectivity index (χ4v) is 2.39. The Morgan fingerprint density at radius 3 is 2.90 bits per heavy atom. The molecule has 0 saturated carbocycles. The third-order valence-corrected chi connectivity index (χ3v) is 3.40. The monoisotopic (exact) mass is 296 g/mol. The summed E-state index contributed by atoms with van der Waals surface area (Å²) in [6.07, 6.45) is 2.09. The first-order valence-electron chi connectivity index (χ1n) is 6.70. The highest BCUT2D eigenvalue weighted by Gasteiger charge is 2.18. The van der Waals surface area contributed by atoms with Crippen LogP contribution in [0.5, 0.6) is 0 Å². The Morgan fingerprint density at radius 2 is 2.20 bits per heavy atom. The van der Waals surface area contributed by atoms with Crippen LogP contribution in [0.2, 0.25) is 5.02 Å². The number of halogens is 2. The van der Waals surface area contributed by atoms with Crippen molar-refractivity contribution in [3.05, 3.63) is 46.8 Å². The van der Waals surface area contributed by atoms with Gasteiger partial charge >= 0.3 is 0 Å². The van der Waals surface area contributed by atoms with Gasteiger partial charge < -0.3 is 5.32 Å². The lowest BCUT2D eigenvalue weighted by atomic mass is 10.0. The van der Waals surface area contributed by atoms with E-state index >= 15 is 0 Å². The van der Waals surface area contributed by atoms with Gasteiger partial charge in [-0.2, -0.15) is 5.10 Å². The lowest BCUT2D eigenvalue weighted by molar-refractivity contribution is 0.485. The summed E-state index contributed by atoms with van der Waals surface area (Å²) in [5, 5.41) is 7.95. The fraction of sp³-hybridized carbons (Fsp3) is 0.429. The number of likely N-dealkylation sites (N-methyl/N-ethyl adjacent to an activating group) is 1. The van der Waals surface area contributed by atoms with Crippen LogP contribution >= 0.6 is 11.6 Å². The second kappa shape index (κ2) is 6.81. The van der Waals surface area contributed by atoms with Crippen LogP contribution in [0.4, 0.5) is 4.39 Å². The summed E-state index contributed by atoms with van der Waals surface area (Å²) >= 11 is 5.97. The van der Waals surface area contributed by atoms with E-state index in [1.165, 1.54) is 12.4 Å². The quantitative estimate of drug-likeness (QED) is 0.891. The third-order valence-electron chi connectivity index (χ3n) is 3.17. The minimum absolute atomic E-state index is 0.173.